The Balaban J connectivity index is 4.27. The van der Waals surface area contributed by atoms with Crippen LogP contribution in [0, 0.1) is 16.7 Å². The van der Waals surface area contributed by atoms with Gasteiger partial charge in [0.25, 0.3) is 0 Å². The quantitative estimate of drug-likeness (QED) is 0.711. The molecule has 1 atom stereocenters. The molecule has 80 valence electrons. The Kier molecular flexibility index (Phi) is 4.44. The Morgan fingerprint density at radius 2 is 1.46 bits per heavy atom. The van der Waals surface area contributed by atoms with E-state index < -0.39 is 0 Å². The van der Waals surface area contributed by atoms with Gasteiger partial charge in [0.15, 0.2) is 0 Å². The fourth-order valence-electron chi connectivity index (χ4n) is 1.67. The minimum absolute atomic E-state index is 0.413. The van der Waals surface area contributed by atoms with Crippen molar-refractivity contribution in [2.24, 2.45) is 16.7 Å². The topological polar surface area (TPSA) is 12.0 Å². The van der Waals surface area contributed by atoms with Crippen LogP contribution in [0.5, 0.6) is 0 Å². The molecule has 0 aromatic carbocycles. The second-order valence-electron chi connectivity index (χ2n) is 6.39. The van der Waals surface area contributed by atoms with Crippen molar-refractivity contribution in [1.29, 1.82) is 0 Å². The van der Waals surface area contributed by atoms with Crippen LogP contribution < -0.4 is 5.32 Å². The molecule has 1 heteroatoms. The molecule has 0 aliphatic heterocycles. The zero-order chi connectivity index (χ0) is 10.7. The maximum absolute atomic E-state index is 3.30. The molecule has 0 aliphatic rings. The van der Waals surface area contributed by atoms with E-state index in [0.717, 1.165) is 12.5 Å². The van der Waals surface area contributed by atoms with Gasteiger partial charge in [0.1, 0.15) is 0 Å². The molecule has 1 N–H and O–H groups in total. The Morgan fingerprint density at radius 1 is 1.00 bits per heavy atom. The summed E-state index contributed by atoms with van der Waals surface area (Å²) in [6.45, 7) is 15.1. The standard InChI is InChI=1S/C12H27N/c1-11(2,3)8-10(9-13-7)12(4,5)6/h10,13H,8-9H2,1-7H3. The van der Waals surface area contributed by atoms with E-state index in [4.69, 9.17) is 0 Å². The van der Waals surface area contributed by atoms with Gasteiger partial charge in [-0.15, -0.1) is 0 Å². The van der Waals surface area contributed by atoms with Crippen LogP contribution in [0.2, 0.25) is 0 Å². The minimum atomic E-state index is 0.413. The number of hydrogen-bond donors (Lipinski definition) is 1. The molecule has 0 fully saturated rings. The molecule has 0 amide bonds. The van der Waals surface area contributed by atoms with E-state index in [2.05, 4.69) is 46.9 Å². The third-order valence-electron chi connectivity index (χ3n) is 2.53. The fourth-order valence-corrected chi connectivity index (χ4v) is 1.67. The van der Waals surface area contributed by atoms with E-state index in [1.54, 1.807) is 0 Å². The van der Waals surface area contributed by atoms with E-state index in [0.29, 0.717) is 10.8 Å². The Bertz CT molecular complexity index is 136. The largest absolute Gasteiger partial charge is 0.319 e. The predicted octanol–water partition coefficient (Wildman–Crippen LogP) is 3.30. The van der Waals surface area contributed by atoms with Crippen molar-refractivity contribution in [3.8, 4) is 0 Å². The van der Waals surface area contributed by atoms with Gasteiger partial charge >= 0.3 is 0 Å². The molecule has 0 saturated carbocycles. The van der Waals surface area contributed by atoms with Crippen LogP contribution in [-0.2, 0) is 0 Å². The summed E-state index contributed by atoms with van der Waals surface area (Å²) < 4.78 is 0. The van der Waals surface area contributed by atoms with Gasteiger partial charge in [-0.3, -0.25) is 0 Å². The zero-order valence-electron chi connectivity index (χ0n) is 10.5. The first kappa shape index (κ1) is 13.0. The van der Waals surface area contributed by atoms with Gasteiger partial charge < -0.3 is 5.32 Å². The third-order valence-corrected chi connectivity index (χ3v) is 2.53. The zero-order valence-corrected chi connectivity index (χ0v) is 10.5. The van der Waals surface area contributed by atoms with Crippen molar-refractivity contribution in [2.45, 2.75) is 48.0 Å². The molecular formula is C12H27N. The summed E-state index contributed by atoms with van der Waals surface area (Å²) in [5.74, 6) is 0.762. The molecule has 0 rings (SSSR count). The lowest BCUT2D eigenvalue weighted by atomic mass is 9.72. The van der Waals surface area contributed by atoms with Crippen LogP contribution in [-0.4, -0.2) is 13.6 Å². The Hall–Kier alpha value is -0.0400. The molecular weight excluding hydrogens is 158 g/mol. The lowest BCUT2D eigenvalue weighted by Gasteiger charge is -2.35. The first-order valence-corrected chi connectivity index (χ1v) is 5.31. The summed E-state index contributed by atoms with van der Waals surface area (Å²) in [6, 6.07) is 0. The number of hydrogen-bond acceptors (Lipinski definition) is 1. The molecule has 0 saturated heterocycles. The SMILES string of the molecule is CNCC(CC(C)(C)C)C(C)(C)C. The highest BCUT2D eigenvalue weighted by molar-refractivity contribution is 4.79. The normalized spacial score (nSPS) is 15.9. The molecule has 0 aromatic rings. The van der Waals surface area contributed by atoms with Gasteiger partial charge in [-0.25, -0.2) is 0 Å². The highest BCUT2D eigenvalue weighted by Crippen LogP contribution is 2.35. The Labute approximate surface area is 84.3 Å². The minimum Gasteiger partial charge on any atom is -0.319 e. The molecule has 0 bridgehead atoms. The van der Waals surface area contributed by atoms with E-state index in [1.165, 1.54) is 6.42 Å². The summed E-state index contributed by atoms with van der Waals surface area (Å²) in [5, 5.41) is 3.30. The fraction of sp³-hybridized carbons (Fsp3) is 1.00. The smallest absolute Gasteiger partial charge is 0.00183 e. The monoisotopic (exact) mass is 185 g/mol. The van der Waals surface area contributed by atoms with Crippen LogP contribution >= 0.6 is 0 Å². The van der Waals surface area contributed by atoms with Crippen LogP contribution in [0.3, 0.4) is 0 Å². The third kappa shape index (κ3) is 6.09. The van der Waals surface area contributed by atoms with Crippen molar-refractivity contribution in [1.82, 2.24) is 5.32 Å². The highest BCUT2D eigenvalue weighted by Gasteiger charge is 2.28. The average molecular weight is 185 g/mol. The summed E-state index contributed by atoms with van der Waals surface area (Å²) in [7, 11) is 2.04. The van der Waals surface area contributed by atoms with Gasteiger partial charge in [-0.05, 0) is 36.8 Å². The van der Waals surface area contributed by atoms with E-state index in [1.807, 2.05) is 7.05 Å². The van der Waals surface area contributed by atoms with Crippen LogP contribution in [0.25, 0.3) is 0 Å². The van der Waals surface area contributed by atoms with E-state index >= 15 is 0 Å². The summed E-state index contributed by atoms with van der Waals surface area (Å²) in [5.41, 5.74) is 0.852. The van der Waals surface area contributed by atoms with Crippen molar-refractivity contribution < 1.29 is 0 Å². The van der Waals surface area contributed by atoms with Crippen molar-refractivity contribution >= 4 is 0 Å². The highest BCUT2D eigenvalue weighted by atomic mass is 14.8. The molecule has 0 aromatic heterocycles. The maximum Gasteiger partial charge on any atom is -0.00183 e. The van der Waals surface area contributed by atoms with Gasteiger partial charge in [0.2, 0.25) is 0 Å². The van der Waals surface area contributed by atoms with Crippen LogP contribution in [0.1, 0.15) is 48.0 Å². The van der Waals surface area contributed by atoms with Crippen LogP contribution in [0.15, 0.2) is 0 Å². The molecule has 0 radical (unpaired) electrons. The number of rotatable bonds is 3. The molecule has 1 nitrogen and oxygen atoms in total. The molecule has 0 aliphatic carbocycles. The first-order valence-electron chi connectivity index (χ1n) is 5.31. The summed E-state index contributed by atoms with van der Waals surface area (Å²) >= 11 is 0. The van der Waals surface area contributed by atoms with Gasteiger partial charge in [-0.1, -0.05) is 41.5 Å². The van der Waals surface area contributed by atoms with Gasteiger partial charge in [0.05, 0.1) is 0 Å². The van der Waals surface area contributed by atoms with Crippen molar-refractivity contribution in [3.63, 3.8) is 0 Å². The number of nitrogens with one attached hydrogen (secondary N) is 1. The predicted molar refractivity (Wildman–Crippen MR) is 60.9 cm³/mol. The second kappa shape index (κ2) is 4.45. The summed E-state index contributed by atoms with van der Waals surface area (Å²) in [6.07, 6.45) is 1.29. The summed E-state index contributed by atoms with van der Waals surface area (Å²) in [4.78, 5) is 0. The molecule has 0 heterocycles. The lowest BCUT2D eigenvalue weighted by Crippen LogP contribution is -2.33. The second-order valence-corrected chi connectivity index (χ2v) is 6.39. The average Bonchev–Trinajstić information content (AvgIpc) is 1.81. The van der Waals surface area contributed by atoms with Gasteiger partial charge in [0, 0.05) is 0 Å². The lowest BCUT2D eigenvalue weighted by molar-refractivity contribution is 0.164. The van der Waals surface area contributed by atoms with Crippen LogP contribution in [0.4, 0.5) is 0 Å². The molecule has 0 spiro atoms. The molecule has 1 unspecified atom stereocenters. The van der Waals surface area contributed by atoms with Gasteiger partial charge in [-0.2, -0.15) is 0 Å². The maximum atomic E-state index is 3.30. The van der Waals surface area contributed by atoms with E-state index in [9.17, 15) is 0 Å². The molecule has 13 heavy (non-hydrogen) atoms. The van der Waals surface area contributed by atoms with Crippen molar-refractivity contribution in [3.05, 3.63) is 0 Å². The van der Waals surface area contributed by atoms with E-state index in [-0.39, 0.29) is 0 Å². The first-order chi connectivity index (χ1) is 5.67. The van der Waals surface area contributed by atoms with Crippen molar-refractivity contribution in [2.75, 3.05) is 13.6 Å². The Morgan fingerprint density at radius 3 is 1.69 bits per heavy atom.